The van der Waals surface area contributed by atoms with Crippen molar-refractivity contribution >= 4 is 29.2 Å². The van der Waals surface area contributed by atoms with Crippen LogP contribution in [-0.4, -0.2) is 78.7 Å². The highest BCUT2D eigenvalue weighted by atomic mass is 16.6. The molecule has 10 aliphatic carbocycles. The fourth-order valence-corrected chi connectivity index (χ4v) is 21.0. The number of fused-ring (bicyclic) bond motifs is 14. The summed E-state index contributed by atoms with van der Waals surface area (Å²) in [6, 6.07) is 0. The molecule has 0 radical (unpaired) electrons. The predicted octanol–water partition coefficient (Wildman–Crippen LogP) is 14.9. The molecule has 0 unspecified atom stereocenters. The highest BCUT2D eigenvalue weighted by molar-refractivity contribution is 6.04. The van der Waals surface area contributed by atoms with Gasteiger partial charge in [0.05, 0.1) is 33.0 Å². The topological polar surface area (TPSA) is 136 Å². The molecule has 0 bridgehead atoms. The maximum atomic E-state index is 14.7. The lowest BCUT2D eigenvalue weighted by molar-refractivity contribution is -0.178. The van der Waals surface area contributed by atoms with Crippen LogP contribution in [0.3, 0.4) is 0 Å². The van der Waals surface area contributed by atoms with Crippen LogP contribution in [-0.2, 0) is 28.7 Å². The number of morpholine rings is 1. The number of aliphatic hydroxyl groups excluding tert-OH is 1. The molecule has 1 heterocycles. The number of Topliss-reactive ketones (excluding diaryl/α,β-unsaturated/α-hetero) is 2. The van der Waals surface area contributed by atoms with Crippen molar-refractivity contribution in [2.45, 2.75) is 202 Å². The van der Waals surface area contributed by atoms with Gasteiger partial charge in [-0.25, -0.2) is 14.5 Å². The van der Waals surface area contributed by atoms with Gasteiger partial charge in [-0.15, -0.1) is 0 Å². The summed E-state index contributed by atoms with van der Waals surface area (Å²) in [7, 11) is 2.50. The Bertz CT molecular complexity index is 2840. The third kappa shape index (κ3) is 8.48. The molecule has 11 aliphatic rings. The van der Waals surface area contributed by atoms with Gasteiger partial charge >= 0.3 is 6.09 Å². The smallest absolute Gasteiger partial charge is 0.409 e. The molecule has 0 aromatic heterocycles. The van der Waals surface area contributed by atoms with Crippen LogP contribution < -0.4 is 0 Å². The molecule has 1 aliphatic heterocycles. The van der Waals surface area contributed by atoms with E-state index in [1.54, 1.807) is 4.90 Å². The first-order chi connectivity index (χ1) is 38.2. The van der Waals surface area contributed by atoms with Crippen LogP contribution in [0.1, 0.15) is 204 Å². The number of amides is 1. The molecule has 0 aromatic carbocycles. The number of nitrogens with zero attached hydrogens (tertiary/aromatic N) is 3. The van der Waals surface area contributed by atoms with Crippen molar-refractivity contribution < 1.29 is 41.3 Å². The molecule has 11 rings (SSSR count). The first kappa shape index (κ1) is 59.0. The molecular formula is C69H101N3O8. The minimum absolute atomic E-state index is 0.0427. The average Bonchev–Trinajstić information content (AvgIpc) is 0.796. The quantitative estimate of drug-likeness (QED) is 0.276. The van der Waals surface area contributed by atoms with Gasteiger partial charge < -0.3 is 29.1 Å². The number of hydrogen-bond donors (Lipinski definition) is 1. The summed E-state index contributed by atoms with van der Waals surface area (Å²) in [6.07, 6.45) is 21.0. The van der Waals surface area contributed by atoms with Gasteiger partial charge in [-0.3, -0.25) is 9.59 Å². The Hall–Kier alpha value is -4.19. The zero-order valence-corrected chi connectivity index (χ0v) is 52.1. The Kier molecular flexibility index (Phi) is 14.5. The van der Waals surface area contributed by atoms with Crippen LogP contribution in [0.25, 0.3) is 9.69 Å². The third-order valence-electron chi connectivity index (χ3n) is 26.1. The molecule has 11 heteroatoms. The summed E-state index contributed by atoms with van der Waals surface area (Å²) < 4.78 is 23.0. The lowest BCUT2D eigenvalue weighted by Crippen LogP contribution is -2.65. The van der Waals surface area contributed by atoms with Gasteiger partial charge in [0.25, 0.3) is 0 Å². The number of aliphatic hydroxyl groups is 1. The molecular weight excluding hydrogens is 999 g/mol. The van der Waals surface area contributed by atoms with E-state index >= 15 is 0 Å². The number of hydrogen-bond acceptors (Lipinski definition) is 8. The van der Waals surface area contributed by atoms with Crippen LogP contribution in [0.4, 0.5) is 4.79 Å². The monoisotopic (exact) mass is 1100 g/mol. The van der Waals surface area contributed by atoms with E-state index in [4.69, 9.17) is 25.4 Å². The van der Waals surface area contributed by atoms with Crippen molar-refractivity contribution in [3.8, 4) is 0 Å². The van der Waals surface area contributed by atoms with E-state index in [0.717, 1.165) is 101 Å². The van der Waals surface area contributed by atoms with Crippen molar-refractivity contribution in [2.75, 3.05) is 39.5 Å². The summed E-state index contributed by atoms with van der Waals surface area (Å²) in [5.74, 6) is 0.485. The Morgan fingerprint density at radius 2 is 1.01 bits per heavy atom. The van der Waals surface area contributed by atoms with Crippen molar-refractivity contribution in [1.29, 1.82) is 0 Å². The number of rotatable bonds is 3. The number of ether oxygens (including phenoxy) is 2. The van der Waals surface area contributed by atoms with Crippen LogP contribution in [0.5, 0.6) is 0 Å². The van der Waals surface area contributed by atoms with E-state index in [0.29, 0.717) is 32.9 Å². The summed E-state index contributed by atoms with van der Waals surface area (Å²) in [6.45, 7) is 49.3. The number of ketones is 4. The van der Waals surface area contributed by atoms with E-state index in [9.17, 15) is 29.1 Å². The zero-order valence-electron chi connectivity index (χ0n) is 54.1. The number of allylic oxidation sites excluding steroid dienone is 8. The van der Waals surface area contributed by atoms with E-state index in [2.05, 4.69) is 78.9 Å². The summed E-state index contributed by atoms with van der Waals surface area (Å²) in [5, 5.41) is 10.6. The molecule has 0 aromatic rings. The van der Waals surface area contributed by atoms with Gasteiger partial charge in [-0.2, -0.15) is 0 Å². The molecule has 1 saturated heterocycles. The second-order valence-corrected chi connectivity index (χ2v) is 31.5. The molecule has 6 saturated carbocycles. The third-order valence-corrected chi connectivity index (χ3v) is 26.1. The molecule has 14 atom stereocenters. The van der Waals surface area contributed by atoms with Crippen LogP contribution in [0.15, 0.2) is 46.8 Å². The second kappa shape index (κ2) is 19.7. The molecule has 1 amide bonds. The van der Waals surface area contributed by atoms with Gasteiger partial charge in [0.1, 0.15) is 0 Å². The first-order valence-electron chi connectivity index (χ1n) is 32.1. The number of carbonyl (C=O) groups excluding carboxylic acids is 5. The normalized spacial score (nSPS) is 44.3. The van der Waals surface area contributed by atoms with Gasteiger partial charge in [0.2, 0.25) is 11.4 Å². The summed E-state index contributed by atoms with van der Waals surface area (Å²) >= 11 is 0. The largest absolute Gasteiger partial charge is 0.449 e. The van der Waals surface area contributed by atoms with Crippen LogP contribution in [0, 0.1) is 114 Å². The van der Waals surface area contributed by atoms with Crippen LogP contribution >= 0.6 is 0 Å². The number of carbonyl (C=O) groups is 5. The second-order valence-electron chi connectivity index (χ2n) is 31.5. The van der Waals surface area contributed by atoms with Crippen molar-refractivity contribution in [2.24, 2.45) is 100 Å². The van der Waals surface area contributed by atoms with E-state index in [1.807, 2.05) is 52.0 Å². The average molecular weight is 1100 g/mol. The van der Waals surface area contributed by atoms with Crippen molar-refractivity contribution in [3.05, 3.63) is 69.7 Å². The maximum absolute atomic E-state index is 14.7. The van der Waals surface area contributed by atoms with Gasteiger partial charge in [-0.05, 0) is 164 Å². The molecule has 11 nitrogen and oxygen atoms in total. The standard InChI is InChI=1S/C36H50N2O5.C31H43NO3.2CH4/c1-31(2)11-13-36(22-43-30(41)38-15-17-42-18-16-38)14-12-35(7)28(23(36)20-31)25(39)19-27-33(5)21-24(37-8)29(40)32(3,4)26(33)9-10-34(27,35)6;1-26(2)11-13-31(18-33)14-12-30(7)24(19(31)16-26)21(34)15-23-28(5)17-20(32-8)25(35)27(3,4)22(28)9-10-29(23,30)6;;/h19,21,23,26,28H,9-18,20,22H2,1-7H3;15,17,19,22,24,33H,9-14,16,18H2,1-7H3;2*1H4/t23-,26-,28-,33-,34+,35+,36+;19-,22-,24-,28-,29+,30+,31+;;/m00../s1/i;;2*1T. The highest BCUT2D eigenvalue weighted by Crippen LogP contribution is 2.77. The molecule has 0 spiro atoms. The highest BCUT2D eigenvalue weighted by Gasteiger charge is 2.72. The Balaban J connectivity index is 0.000000206. The Morgan fingerprint density at radius 1 is 0.625 bits per heavy atom. The SMILES string of the molecule is [3H]C.[3H]C.[C-]#[N+]C1=C[C@]2(C)C3=CC(=O)[C@@H]4[C@@H]5CC(C)(C)CC[C@]5(CO)CC[C@@]4(C)[C@]3(C)CC[C@H]2C(C)(C)C1=O.[C-]#[N+]C1=C[C@]2(C)C3=CC(=O)[C@@H]4[C@@H]5CC(C)(C)CC[C@]5(COC(=O)N5CCOCC5)CC[C@@]4(C)[C@]3(C)CC[C@H]2C(C)(C)C1=O. The lowest BCUT2D eigenvalue weighted by Gasteiger charge is -2.69. The predicted molar refractivity (Wildman–Crippen MR) is 314 cm³/mol. The molecule has 1 N–H and O–H groups in total. The lowest BCUT2D eigenvalue weighted by atomic mass is 9.34. The van der Waals surface area contributed by atoms with Crippen LogP contribution in [0.2, 0.25) is 0 Å². The fourth-order valence-electron chi connectivity index (χ4n) is 21.0. The van der Waals surface area contributed by atoms with E-state index in [-0.39, 0.29) is 126 Å². The minimum atomic E-state index is -0.661. The molecule has 440 valence electrons. The zero-order chi connectivity index (χ0) is 61.0. The Morgan fingerprint density at radius 3 is 1.43 bits per heavy atom. The fraction of sp³-hybridized carbons (Fsp3) is 0.783. The molecule has 7 fully saturated rings. The Labute approximate surface area is 484 Å². The van der Waals surface area contributed by atoms with Gasteiger partial charge in [0, 0.05) is 61.3 Å². The van der Waals surface area contributed by atoms with Gasteiger partial charge in [-0.1, -0.05) is 135 Å². The molecule has 80 heavy (non-hydrogen) atoms. The van der Waals surface area contributed by atoms with Crippen molar-refractivity contribution in [1.82, 2.24) is 4.90 Å². The van der Waals surface area contributed by atoms with Crippen molar-refractivity contribution in [3.63, 3.8) is 0 Å². The summed E-state index contributed by atoms with van der Waals surface area (Å²) in [4.78, 5) is 77.6. The first-order valence-corrected chi connectivity index (χ1v) is 30.1. The van der Waals surface area contributed by atoms with E-state index in [1.165, 1.54) is 14.8 Å². The van der Waals surface area contributed by atoms with Gasteiger partial charge in [0.15, 0.2) is 23.1 Å². The summed E-state index contributed by atoms with van der Waals surface area (Å²) in [5.41, 5.74) is -0.526. The minimum Gasteiger partial charge on any atom is -0.449 e. The maximum Gasteiger partial charge on any atom is 0.409 e. The van der Waals surface area contributed by atoms with E-state index < -0.39 is 21.7 Å².